The van der Waals surface area contributed by atoms with Crippen molar-refractivity contribution in [2.24, 2.45) is 0 Å². The van der Waals surface area contributed by atoms with E-state index in [9.17, 15) is 4.79 Å². The molecule has 0 unspecified atom stereocenters. The molecule has 10 heavy (non-hydrogen) atoms. The summed E-state index contributed by atoms with van der Waals surface area (Å²) in [5.41, 5.74) is 0. The van der Waals surface area contributed by atoms with E-state index in [1.54, 1.807) is 6.92 Å². The van der Waals surface area contributed by atoms with Crippen LogP contribution in [0.25, 0.3) is 0 Å². The minimum atomic E-state index is -0.833. The van der Waals surface area contributed by atoms with Crippen molar-refractivity contribution in [3.8, 4) is 0 Å². The molecule has 0 aliphatic carbocycles. The van der Waals surface area contributed by atoms with Crippen molar-refractivity contribution in [2.75, 3.05) is 0 Å². The summed E-state index contributed by atoms with van der Waals surface area (Å²) in [6.07, 6.45) is 0.337. The Morgan fingerprint density at radius 1 is 1.60 bits per heavy atom. The molecule has 0 aliphatic rings. The Hall–Kier alpha value is -0.770. The van der Waals surface area contributed by atoms with Crippen LogP contribution in [0.15, 0.2) is 0 Å². The van der Waals surface area contributed by atoms with E-state index >= 15 is 0 Å². The van der Waals surface area contributed by atoms with E-state index in [0.29, 0.717) is 6.42 Å². The van der Waals surface area contributed by atoms with Crippen molar-refractivity contribution in [3.63, 3.8) is 0 Å². The van der Waals surface area contributed by atoms with Gasteiger partial charge in [0.05, 0.1) is 0 Å². The second-order valence-corrected chi connectivity index (χ2v) is 1.48. The third-order valence-corrected chi connectivity index (χ3v) is 0.547. The highest BCUT2D eigenvalue weighted by Crippen LogP contribution is 1.84. The van der Waals surface area contributed by atoms with Crippen LogP contribution in [0.4, 0.5) is 0 Å². The number of carboxylic acid groups (broad SMARTS) is 1. The molecule has 0 saturated heterocycles. The molecule has 4 nitrogen and oxygen atoms in total. The summed E-state index contributed by atoms with van der Waals surface area (Å²) in [6.45, 7) is 2.75. The van der Waals surface area contributed by atoms with Gasteiger partial charge in [-0.15, -0.1) is 0 Å². The number of rotatable bonds is 1. The summed E-state index contributed by atoms with van der Waals surface area (Å²) < 4.78 is 3.73. The zero-order valence-electron chi connectivity index (χ0n) is 5.76. The maximum Gasteiger partial charge on any atom is 0.324 e. The van der Waals surface area contributed by atoms with Gasteiger partial charge in [-0.1, -0.05) is 6.92 Å². The van der Waals surface area contributed by atoms with Crippen LogP contribution < -0.4 is 0 Å². The summed E-state index contributed by atoms with van der Waals surface area (Å²) in [7, 11) is 0. The molecule has 0 amide bonds. The lowest BCUT2D eigenvalue weighted by molar-refractivity contribution is -0.135. The first-order chi connectivity index (χ1) is 4.54. The summed E-state index contributed by atoms with van der Waals surface area (Å²) in [5, 5.41) is 7.42. The summed E-state index contributed by atoms with van der Waals surface area (Å²) in [4.78, 5) is 18.8. The Morgan fingerprint density at radius 3 is 1.90 bits per heavy atom. The number of carboxylic acids is 1. The SMILES string of the molecule is CC(=O)O.CCC(=O)OCl. The van der Waals surface area contributed by atoms with E-state index < -0.39 is 11.9 Å². The number of carbonyl (C=O) groups is 2. The molecule has 0 bridgehead atoms. The predicted molar refractivity (Wildman–Crippen MR) is 35.5 cm³/mol. The van der Waals surface area contributed by atoms with Gasteiger partial charge in [0, 0.05) is 13.3 Å². The predicted octanol–water partition coefficient (Wildman–Crippen LogP) is 1.18. The summed E-state index contributed by atoms with van der Waals surface area (Å²) in [6, 6.07) is 0. The van der Waals surface area contributed by atoms with Crippen LogP contribution in [0.1, 0.15) is 20.3 Å². The third kappa shape index (κ3) is 26.9. The van der Waals surface area contributed by atoms with Crippen LogP contribution in [0.2, 0.25) is 0 Å². The fourth-order valence-electron chi connectivity index (χ4n) is 0.0546. The smallest absolute Gasteiger partial charge is 0.324 e. The summed E-state index contributed by atoms with van der Waals surface area (Å²) in [5.74, 6) is -1.23. The van der Waals surface area contributed by atoms with Gasteiger partial charge in [-0.3, -0.25) is 9.59 Å². The minimum Gasteiger partial charge on any atom is -0.481 e. The Morgan fingerprint density at radius 2 is 1.90 bits per heavy atom. The molecule has 5 heteroatoms. The van der Waals surface area contributed by atoms with Crippen LogP contribution in [-0.4, -0.2) is 17.0 Å². The molecular formula is C5H9ClO4. The molecule has 0 radical (unpaired) electrons. The van der Waals surface area contributed by atoms with Gasteiger partial charge < -0.3 is 9.40 Å². The van der Waals surface area contributed by atoms with Crippen molar-refractivity contribution in [1.82, 2.24) is 0 Å². The topological polar surface area (TPSA) is 63.6 Å². The van der Waals surface area contributed by atoms with Crippen LogP contribution in [0.3, 0.4) is 0 Å². The molecule has 60 valence electrons. The Kier molecular flexibility index (Phi) is 9.84. The van der Waals surface area contributed by atoms with Gasteiger partial charge in [0.25, 0.3) is 5.97 Å². The van der Waals surface area contributed by atoms with Crippen molar-refractivity contribution in [3.05, 3.63) is 0 Å². The molecule has 0 aliphatic heterocycles. The van der Waals surface area contributed by atoms with E-state index in [4.69, 9.17) is 9.90 Å². The molecule has 0 aromatic heterocycles. The quantitative estimate of drug-likeness (QED) is 0.639. The average Bonchev–Trinajstić information content (AvgIpc) is 1.85. The van der Waals surface area contributed by atoms with Gasteiger partial charge in [-0.05, 0) is 0 Å². The fourth-order valence-corrected chi connectivity index (χ4v) is 0.164. The largest absolute Gasteiger partial charge is 0.481 e. The highest BCUT2D eigenvalue weighted by molar-refractivity contribution is 6.13. The number of hydrogen-bond donors (Lipinski definition) is 1. The number of halogens is 1. The van der Waals surface area contributed by atoms with E-state index in [0.717, 1.165) is 6.92 Å². The standard InChI is InChI=1S/C3H5ClO2.C2H4O2/c1-2-3(5)6-4;1-2(3)4/h2H2,1H3;1H3,(H,3,4). The molecular weight excluding hydrogens is 160 g/mol. The first kappa shape index (κ1) is 12.0. The van der Waals surface area contributed by atoms with Crippen LogP contribution in [0, 0.1) is 0 Å². The second-order valence-electron chi connectivity index (χ2n) is 1.32. The van der Waals surface area contributed by atoms with Crippen LogP contribution >= 0.6 is 11.9 Å². The van der Waals surface area contributed by atoms with Gasteiger partial charge in [0.15, 0.2) is 0 Å². The highest BCUT2D eigenvalue weighted by atomic mass is 35.5. The first-order valence-corrected chi connectivity index (χ1v) is 2.86. The number of hydrogen-bond acceptors (Lipinski definition) is 3. The number of carbonyl (C=O) groups excluding carboxylic acids is 1. The number of aliphatic carboxylic acids is 1. The van der Waals surface area contributed by atoms with Crippen molar-refractivity contribution < 1.29 is 19.0 Å². The maximum atomic E-state index is 9.83. The van der Waals surface area contributed by atoms with Gasteiger partial charge >= 0.3 is 5.97 Å². The first-order valence-electron chi connectivity index (χ1n) is 2.55. The second kappa shape index (κ2) is 8.23. The van der Waals surface area contributed by atoms with Gasteiger partial charge in [-0.25, -0.2) is 0 Å². The normalized spacial score (nSPS) is 7.10. The Bertz CT molecular complexity index is 102. The lowest BCUT2D eigenvalue weighted by Gasteiger charge is -1.81. The zero-order chi connectivity index (χ0) is 8.57. The fraction of sp³-hybridized carbons (Fsp3) is 0.600. The molecule has 0 rings (SSSR count). The molecule has 0 aromatic rings. The highest BCUT2D eigenvalue weighted by Gasteiger charge is 1.90. The van der Waals surface area contributed by atoms with Gasteiger partial charge in [0.2, 0.25) is 0 Å². The van der Waals surface area contributed by atoms with Crippen molar-refractivity contribution in [2.45, 2.75) is 20.3 Å². The van der Waals surface area contributed by atoms with E-state index in [1.807, 2.05) is 0 Å². The van der Waals surface area contributed by atoms with Crippen LogP contribution in [-0.2, 0) is 13.9 Å². The Labute approximate surface area is 63.9 Å². The third-order valence-electron chi connectivity index (χ3n) is 0.375. The molecule has 0 fully saturated rings. The lowest BCUT2D eigenvalue weighted by Crippen LogP contribution is -1.90. The minimum absolute atomic E-state index is 0.337. The van der Waals surface area contributed by atoms with Gasteiger partial charge in [-0.2, -0.15) is 0 Å². The van der Waals surface area contributed by atoms with E-state index in [1.165, 1.54) is 0 Å². The molecule has 0 aromatic carbocycles. The van der Waals surface area contributed by atoms with Crippen LogP contribution in [0.5, 0.6) is 0 Å². The van der Waals surface area contributed by atoms with Gasteiger partial charge in [0.1, 0.15) is 11.9 Å². The molecule has 1 N–H and O–H groups in total. The molecule has 0 spiro atoms. The molecule has 0 atom stereocenters. The maximum absolute atomic E-state index is 9.83. The van der Waals surface area contributed by atoms with Crippen molar-refractivity contribution >= 4 is 23.8 Å². The average molecular weight is 169 g/mol. The monoisotopic (exact) mass is 168 g/mol. The van der Waals surface area contributed by atoms with Crippen molar-refractivity contribution in [1.29, 1.82) is 0 Å². The molecule has 0 heterocycles. The molecule has 0 saturated carbocycles. The lowest BCUT2D eigenvalue weighted by atomic mass is 10.5. The zero-order valence-corrected chi connectivity index (χ0v) is 6.51. The summed E-state index contributed by atoms with van der Waals surface area (Å²) >= 11 is 4.60. The van der Waals surface area contributed by atoms with E-state index in [-0.39, 0.29) is 0 Å². The van der Waals surface area contributed by atoms with E-state index in [2.05, 4.69) is 16.2 Å². The Balaban J connectivity index is 0.